The molecule has 16 atom stereocenters. The SMILES string of the molecule is CC[C@@H]1CCC[C@H](O[C@H]2CC[C@H](N(C)C)[C@@H](C)O2)[C@H](C)C(=O)C2=C[C@@H]3[C@@H](C=C[C@@H]4C[C@@H](O[C@@H]5O[C@@H](C)[C@H](OC)C(=O)[C@H]5OC)C[C@@H]34)[C@@H]2CC(=O)O1. The summed E-state index contributed by atoms with van der Waals surface area (Å²) in [5, 5.41) is 0. The number of cyclic esters (lactones) is 1. The van der Waals surface area contributed by atoms with E-state index >= 15 is 0 Å². The summed E-state index contributed by atoms with van der Waals surface area (Å²) in [7, 11) is 7.15. The molecule has 0 amide bonds. The van der Waals surface area contributed by atoms with Gasteiger partial charge in [0.1, 0.15) is 12.2 Å². The number of hydrogen-bond acceptors (Lipinski definition) is 11. The van der Waals surface area contributed by atoms with E-state index in [9.17, 15) is 14.4 Å². The largest absolute Gasteiger partial charge is 0.462 e. The molecule has 3 saturated heterocycles. The molecule has 11 heteroatoms. The van der Waals surface area contributed by atoms with Crippen LogP contribution in [0.15, 0.2) is 23.8 Å². The van der Waals surface area contributed by atoms with Crippen molar-refractivity contribution in [2.45, 2.75) is 147 Å². The summed E-state index contributed by atoms with van der Waals surface area (Å²) in [6, 6.07) is 0.330. The molecule has 1 saturated carbocycles. The highest BCUT2D eigenvalue weighted by Gasteiger charge is 2.52. The lowest BCUT2D eigenvalue weighted by molar-refractivity contribution is -0.266. The molecule has 11 nitrogen and oxygen atoms in total. The van der Waals surface area contributed by atoms with Gasteiger partial charge in [0.05, 0.1) is 30.8 Å². The summed E-state index contributed by atoms with van der Waals surface area (Å²) in [4.78, 5) is 43.3. The van der Waals surface area contributed by atoms with Crippen molar-refractivity contribution in [1.82, 2.24) is 4.90 Å². The molecule has 3 aliphatic carbocycles. The minimum absolute atomic E-state index is 0.0123. The topological polar surface area (TPSA) is 119 Å². The summed E-state index contributed by atoms with van der Waals surface area (Å²) >= 11 is 0. The maximum absolute atomic E-state index is 14.6. The van der Waals surface area contributed by atoms with Crippen molar-refractivity contribution in [1.29, 1.82) is 0 Å². The zero-order chi connectivity index (χ0) is 36.6. The van der Waals surface area contributed by atoms with E-state index in [-0.39, 0.29) is 90.2 Å². The quantitative estimate of drug-likeness (QED) is 0.249. The van der Waals surface area contributed by atoms with Crippen molar-refractivity contribution >= 4 is 17.5 Å². The van der Waals surface area contributed by atoms with Crippen LogP contribution in [0.1, 0.15) is 85.5 Å². The highest BCUT2D eigenvalue weighted by atomic mass is 16.7. The Morgan fingerprint density at radius 1 is 0.863 bits per heavy atom. The van der Waals surface area contributed by atoms with Gasteiger partial charge in [-0.3, -0.25) is 14.4 Å². The number of allylic oxidation sites excluding steroid dienone is 4. The Morgan fingerprint density at radius 3 is 2.31 bits per heavy atom. The average Bonchev–Trinajstić information content (AvgIpc) is 3.67. The van der Waals surface area contributed by atoms with Crippen molar-refractivity contribution in [3.8, 4) is 0 Å². The number of methoxy groups -OCH3 is 2. The standard InChI is InChI=1S/C40H61NO10/c1-9-25-11-10-12-33(51-35-16-15-32(41(5)6)22(3)47-35)21(2)36(43)31-19-29-27(30(31)20-34(42)49-25)14-13-24-17-26(18-28(24)29)50-40-39(46-8)37(44)38(45-7)23(4)48-40/h13-14,19,21-30,32-33,35,38-40H,9-12,15-18,20H2,1-8H3/t21-,22+,23-,24+,25+,26+,27+,28+,29+,30-,32-,33-,35-,38-,39+,40-/m0/s1. The van der Waals surface area contributed by atoms with Gasteiger partial charge in [0.25, 0.3) is 0 Å². The number of ketones is 2. The van der Waals surface area contributed by atoms with Crippen molar-refractivity contribution in [3.05, 3.63) is 23.8 Å². The van der Waals surface area contributed by atoms with E-state index in [0.29, 0.717) is 12.5 Å². The lowest BCUT2D eigenvalue weighted by Crippen LogP contribution is -2.56. The van der Waals surface area contributed by atoms with Crippen LogP contribution in [-0.4, -0.2) is 112 Å². The summed E-state index contributed by atoms with van der Waals surface area (Å²) < 4.78 is 42.6. The van der Waals surface area contributed by atoms with Gasteiger partial charge in [0, 0.05) is 32.1 Å². The first-order valence-electron chi connectivity index (χ1n) is 19.4. The Labute approximate surface area is 304 Å². The number of hydrogen-bond donors (Lipinski definition) is 0. The number of esters is 1. The Balaban J connectivity index is 1.21. The lowest BCUT2D eigenvalue weighted by Gasteiger charge is -2.40. The van der Waals surface area contributed by atoms with Gasteiger partial charge in [-0.15, -0.1) is 0 Å². The molecule has 0 unspecified atom stereocenters. The van der Waals surface area contributed by atoms with Crippen LogP contribution in [0.4, 0.5) is 0 Å². The zero-order valence-electron chi connectivity index (χ0n) is 31.9. The molecule has 51 heavy (non-hydrogen) atoms. The second kappa shape index (κ2) is 16.6. The highest BCUT2D eigenvalue weighted by Crippen LogP contribution is 2.54. The van der Waals surface area contributed by atoms with Gasteiger partial charge >= 0.3 is 5.97 Å². The molecule has 3 aliphatic heterocycles. The number of ether oxygens (including phenoxy) is 7. The monoisotopic (exact) mass is 715 g/mol. The molecule has 0 radical (unpaired) electrons. The molecular weight excluding hydrogens is 654 g/mol. The zero-order valence-corrected chi connectivity index (χ0v) is 31.9. The van der Waals surface area contributed by atoms with E-state index in [2.05, 4.69) is 51.1 Å². The first-order valence-corrected chi connectivity index (χ1v) is 19.4. The number of nitrogens with zero attached hydrogens (tertiary/aromatic N) is 1. The third-order valence-corrected chi connectivity index (χ3v) is 12.8. The number of carbonyl (C=O) groups excluding carboxylic acids is 3. The maximum Gasteiger partial charge on any atom is 0.306 e. The Bertz CT molecular complexity index is 1320. The molecule has 0 N–H and O–H groups in total. The Morgan fingerprint density at radius 2 is 1.63 bits per heavy atom. The molecule has 0 bridgehead atoms. The maximum atomic E-state index is 14.6. The van der Waals surface area contributed by atoms with Gasteiger partial charge in [0.15, 0.2) is 30.3 Å². The van der Waals surface area contributed by atoms with Crippen LogP contribution in [0.5, 0.6) is 0 Å². The number of rotatable bonds is 8. The lowest BCUT2D eigenvalue weighted by atomic mass is 9.70. The van der Waals surface area contributed by atoms with Gasteiger partial charge in [-0.2, -0.15) is 0 Å². The summed E-state index contributed by atoms with van der Waals surface area (Å²) in [6.45, 7) is 7.96. The van der Waals surface area contributed by atoms with Crippen molar-refractivity contribution in [2.24, 2.45) is 35.5 Å². The third-order valence-electron chi connectivity index (χ3n) is 12.8. The van der Waals surface area contributed by atoms with Gasteiger partial charge in [-0.1, -0.05) is 32.1 Å². The molecule has 0 aromatic rings. The van der Waals surface area contributed by atoms with Gasteiger partial charge in [-0.25, -0.2) is 0 Å². The average molecular weight is 716 g/mol. The molecular formula is C40H61NO10. The number of likely N-dealkylation sites (N-methyl/N-ethyl adjacent to an activating group) is 1. The molecule has 0 spiro atoms. The minimum Gasteiger partial charge on any atom is -0.462 e. The van der Waals surface area contributed by atoms with Crippen LogP contribution in [0.25, 0.3) is 0 Å². The fraction of sp³-hybridized carbons (Fsp3) is 0.825. The van der Waals surface area contributed by atoms with E-state index in [0.717, 1.165) is 50.5 Å². The Hall–Kier alpha value is -1.99. The summed E-state index contributed by atoms with van der Waals surface area (Å²) in [6.07, 6.45) is 9.30. The molecule has 3 heterocycles. The molecule has 4 fully saturated rings. The molecule has 0 aromatic carbocycles. The van der Waals surface area contributed by atoms with Crippen LogP contribution < -0.4 is 0 Å². The highest BCUT2D eigenvalue weighted by molar-refractivity contribution is 5.99. The predicted octanol–water partition coefficient (Wildman–Crippen LogP) is 5.04. The van der Waals surface area contributed by atoms with E-state index in [1.807, 2.05) is 13.8 Å². The third kappa shape index (κ3) is 8.10. The predicted molar refractivity (Wildman–Crippen MR) is 188 cm³/mol. The van der Waals surface area contributed by atoms with E-state index in [1.165, 1.54) is 14.2 Å². The minimum atomic E-state index is -0.870. The van der Waals surface area contributed by atoms with Gasteiger partial charge in [-0.05, 0) is 109 Å². The molecule has 6 aliphatic rings. The van der Waals surface area contributed by atoms with Crippen molar-refractivity contribution in [3.63, 3.8) is 0 Å². The fourth-order valence-electron chi connectivity index (χ4n) is 10.00. The van der Waals surface area contributed by atoms with Crippen molar-refractivity contribution < 1.29 is 47.5 Å². The van der Waals surface area contributed by atoms with Crippen LogP contribution in [0.3, 0.4) is 0 Å². The van der Waals surface area contributed by atoms with E-state index < -0.39 is 24.6 Å². The van der Waals surface area contributed by atoms with E-state index in [1.54, 1.807) is 0 Å². The normalized spacial score (nSPS) is 45.0. The second-order valence-electron chi connectivity index (χ2n) is 16.1. The van der Waals surface area contributed by atoms with Gasteiger partial charge in [0.2, 0.25) is 0 Å². The number of fused-ring (bicyclic) bond motifs is 5. The first-order chi connectivity index (χ1) is 24.4. The van der Waals surface area contributed by atoms with Gasteiger partial charge < -0.3 is 38.1 Å². The van der Waals surface area contributed by atoms with Crippen LogP contribution in [-0.2, 0) is 47.5 Å². The van der Waals surface area contributed by atoms with Crippen LogP contribution >= 0.6 is 0 Å². The van der Waals surface area contributed by atoms with Crippen LogP contribution in [0, 0.1) is 35.5 Å². The molecule has 6 rings (SSSR count). The summed E-state index contributed by atoms with van der Waals surface area (Å²) in [5.74, 6) is -0.433. The van der Waals surface area contributed by atoms with Crippen molar-refractivity contribution in [2.75, 3.05) is 28.3 Å². The molecule has 286 valence electrons. The fourth-order valence-corrected chi connectivity index (χ4v) is 10.00. The number of Topliss-reactive ketones (excluding diaryl/α,β-unsaturated/α-hetero) is 2. The second-order valence-corrected chi connectivity index (χ2v) is 16.1. The van der Waals surface area contributed by atoms with Crippen LogP contribution in [0.2, 0.25) is 0 Å². The smallest absolute Gasteiger partial charge is 0.306 e. The first kappa shape index (κ1) is 38.7. The number of carbonyl (C=O) groups is 3. The van der Waals surface area contributed by atoms with E-state index in [4.69, 9.17) is 33.2 Å². The summed E-state index contributed by atoms with van der Waals surface area (Å²) in [5.41, 5.74) is 0.733. The Kier molecular flexibility index (Phi) is 12.6. The molecule has 0 aromatic heterocycles.